The summed E-state index contributed by atoms with van der Waals surface area (Å²) >= 11 is 1.47. The molecule has 6 nitrogen and oxygen atoms in total. The highest BCUT2D eigenvalue weighted by atomic mass is 32.1. The molecule has 0 unspecified atom stereocenters. The number of phenols is 2. The standard InChI is InChI=1S/C27H18F3N3O3S/c28-27(29,30)26-31-22-4-2-1-3-20(22)24(32-26)17-5-7-18(8-6-17)33(14-16-11-12-37-15-16)25(36)21-10-9-19(34)13-23(21)35/h1-13,15,34-35H,14H2. The number of rotatable bonds is 5. The topological polar surface area (TPSA) is 86.5 Å². The molecule has 0 radical (unpaired) electrons. The lowest BCUT2D eigenvalue weighted by Crippen LogP contribution is -2.30. The largest absolute Gasteiger partial charge is 0.508 e. The maximum absolute atomic E-state index is 13.5. The van der Waals surface area contributed by atoms with Crippen LogP contribution in [0.1, 0.15) is 21.7 Å². The summed E-state index contributed by atoms with van der Waals surface area (Å²) in [5.74, 6) is -2.30. The van der Waals surface area contributed by atoms with Gasteiger partial charge in [0.1, 0.15) is 11.5 Å². The van der Waals surface area contributed by atoms with Crippen LogP contribution in [0.4, 0.5) is 18.9 Å². The summed E-state index contributed by atoms with van der Waals surface area (Å²) in [6.07, 6.45) is -4.71. The minimum atomic E-state index is -4.71. The summed E-state index contributed by atoms with van der Waals surface area (Å²) in [6.45, 7) is 0.191. The predicted octanol–water partition coefficient (Wildman–Crippen LogP) is 6.64. The van der Waals surface area contributed by atoms with Crippen molar-refractivity contribution in [2.75, 3.05) is 4.90 Å². The van der Waals surface area contributed by atoms with Gasteiger partial charge in [0.05, 0.1) is 23.3 Å². The number of carbonyl (C=O) groups is 1. The fourth-order valence-corrected chi connectivity index (χ4v) is 4.57. The van der Waals surface area contributed by atoms with Crippen molar-refractivity contribution >= 4 is 33.8 Å². The van der Waals surface area contributed by atoms with Crippen LogP contribution in [0.2, 0.25) is 0 Å². The van der Waals surface area contributed by atoms with Crippen molar-refractivity contribution in [1.29, 1.82) is 0 Å². The Morgan fingerprint density at radius 2 is 1.70 bits per heavy atom. The van der Waals surface area contributed by atoms with E-state index < -0.39 is 17.9 Å². The van der Waals surface area contributed by atoms with E-state index in [0.29, 0.717) is 16.6 Å². The third-order valence-corrected chi connectivity index (χ3v) is 6.42. The highest BCUT2D eigenvalue weighted by Gasteiger charge is 2.35. The fraction of sp³-hybridized carbons (Fsp3) is 0.0741. The van der Waals surface area contributed by atoms with Crippen LogP contribution in [0, 0.1) is 0 Å². The summed E-state index contributed by atoms with van der Waals surface area (Å²) in [7, 11) is 0. The minimum absolute atomic E-state index is 0.00582. The van der Waals surface area contributed by atoms with Crippen LogP contribution in [0.25, 0.3) is 22.2 Å². The first kappa shape index (κ1) is 24.3. The number of thiophene rings is 1. The van der Waals surface area contributed by atoms with Crippen molar-refractivity contribution in [2.24, 2.45) is 0 Å². The number of phenolic OH excluding ortho intramolecular Hbond substituents is 2. The molecule has 1 amide bonds. The van der Waals surface area contributed by atoms with Gasteiger partial charge in [0, 0.05) is 22.7 Å². The zero-order chi connectivity index (χ0) is 26.2. The molecule has 0 bridgehead atoms. The number of halogens is 3. The molecular formula is C27H18F3N3O3S. The number of aromatic nitrogens is 2. The van der Waals surface area contributed by atoms with Gasteiger partial charge in [-0.2, -0.15) is 24.5 Å². The summed E-state index contributed by atoms with van der Waals surface area (Å²) in [4.78, 5) is 22.3. The monoisotopic (exact) mass is 521 g/mol. The average molecular weight is 522 g/mol. The molecule has 0 spiro atoms. The molecule has 2 heterocycles. The lowest BCUT2D eigenvalue weighted by molar-refractivity contribution is -0.144. The molecule has 0 aliphatic heterocycles. The summed E-state index contributed by atoms with van der Waals surface area (Å²) in [6, 6.07) is 18.4. The molecule has 2 N–H and O–H groups in total. The van der Waals surface area contributed by atoms with Crippen LogP contribution in [0.5, 0.6) is 11.5 Å². The van der Waals surface area contributed by atoms with E-state index in [0.717, 1.165) is 11.6 Å². The van der Waals surface area contributed by atoms with E-state index in [-0.39, 0.29) is 34.8 Å². The Balaban J connectivity index is 1.57. The van der Waals surface area contributed by atoms with Gasteiger partial charge in [-0.1, -0.05) is 30.3 Å². The SMILES string of the molecule is O=C(c1ccc(O)cc1O)N(Cc1ccsc1)c1ccc(-c2nc(C(F)(F)F)nc3ccccc23)cc1. The van der Waals surface area contributed by atoms with Crippen LogP contribution < -0.4 is 4.90 Å². The van der Waals surface area contributed by atoms with E-state index in [1.807, 2.05) is 16.8 Å². The first-order chi connectivity index (χ1) is 17.7. The second-order valence-corrected chi connectivity index (χ2v) is 8.96. The molecule has 0 aliphatic carbocycles. The molecule has 0 fully saturated rings. The van der Waals surface area contributed by atoms with Gasteiger partial charge in [0.2, 0.25) is 5.82 Å². The lowest BCUT2D eigenvalue weighted by Gasteiger charge is -2.23. The van der Waals surface area contributed by atoms with Gasteiger partial charge < -0.3 is 15.1 Å². The quantitative estimate of drug-likeness (QED) is 0.271. The van der Waals surface area contributed by atoms with Gasteiger partial charge in [-0.25, -0.2) is 9.97 Å². The van der Waals surface area contributed by atoms with E-state index in [1.54, 1.807) is 42.5 Å². The van der Waals surface area contributed by atoms with E-state index in [1.165, 1.54) is 34.4 Å². The molecule has 186 valence electrons. The number of hydrogen-bond acceptors (Lipinski definition) is 6. The van der Waals surface area contributed by atoms with Crippen LogP contribution >= 0.6 is 11.3 Å². The second kappa shape index (κ2) is 9.55. The van der Waals surface area contributed by atoms with E-state index >= 15 is 0 Å². The number of hydrogen-bond donors (Lipinski definition) is 2. The fourth-order valence-electron chi connectivity index (χ4n) is 3.91. The molecule has 0 saturated heterocycles. The van der Waals surface area contributed by atoms with Gasteiger partial charge in [-0.3, -0.25) is 4.79 Å². The number of amides is 1. The van der Waals surface area contributed by atoms with Crippen LogP contribution in [-0.4, -0.2) is 26.1 Å². The van der Waals surface area contributed by atoms with Crippen molar-refractivity contribution in [3.63, 3.8) is 0 Å². The number of alkyl halides is 3. The Bertz CT molecular complexity index is 1590. The number of anilines is 1. The first-order valence-electron chi connectivity index (χ1n) is 11.0. The first-order valence-corrected chi connectivity index (χ1v) is 11.9. The number of benzene rings is 3. The van der Waals surface area contributed by atoms with Crippen molar-refractivity contribution in [2.45, 2.75) is 12.7 Å². The lowest BCUT2D eigenvalue weighted by atomic mass is 10.0. The molecule has 0 saturated carbocycles. The van der Waals surface area contributed by atoms with Crippen LogP contribution in [0.3, 0.4) is 0 Å². The van der Waals surface area contributed by atoms with Crippen molar-refractivity contribution in [3.8, 4) is 22.8 Å². The molecular weight excluding hydrogens is 503 g/mol. The number of fused-ring (bicyclic) bond motifs is 1. The molecule has 0 aliphatic rings. The van der Waals surface area contributed by atoms with Gasteiger partial charge in [0.15, 0.2) is 0 Å². The Morgan fingerprint density at radius 1 is 0.946 bits per heavy atom. The number of aromatic hydroxyl groups is 2. The van der Waals surface area contributed by atoms with Crippen LogP contribution in [-0.2, 0) is 12.7 Å². The molecule has 2 aromatic heterocycles. The van der Waals surface area contributed by atoms with E-state index in [2.05, 4.69) is 9.97 Å². The van der Waals surface area contributed by atoms with Gasteiger partial charge in [-0.05, 0) is 52.7 Å². The number of para-hydroxylation sites is 1. The molecule has 3 aromatic carbocycles. The van der Waals surface area contributed by atoms with Crippen LogP contribution in [0.15, 0.2) is 83.6 Å². The second-order valence-electron chi connectivity index (χ2n) is 8.18. The van der Waals surface area contributed by atoms with E-state index in [4.69, 9.17) is 0 Å². The summed E-state index contributed by atoms with van der Waals surface area (Å²) in [5, 5.41) is 24.1. The molecule has 5 rings (SSSR count). The molecule has 10 heteroatoms. The van der Waals surface area contributed by atoms with Gasteiger partial charge in [0.25, 0.3) is 5.91 Å². The zero-order valence-corrected chi connectivity index (χ0v) is 19.8. The maximum Gasteiger partial charge on any atom is 0.451 e. The number of carbonyl (C=O) groups excluding carboxylic acids is 1. The molecule has 37 heavy (non-hydrogen) atoms. The minimum Gasteiger partial charge on any atom is -0.508 e. The normalized spacial score (nSPS) is 11.5. The van der Waals surface area contributed by atoms with Gasteiger partial charge in [-0.15, -0.1) is 0 Å². The number of nitrogens with zero attached hydrogens (tertiary/aromatic N) is 3. The predicted molar refractivity (Wildman–Crippen MR) is 135 cm³/mol. The van der Waals surface area contributed by atoms with Crippen molar-refractivity contribution in [3.05, 3.63) is 101 Å². The zero-order valence-electron chi connectivity index (χ0n) is 19.0. The Hall–Kier alpha value is -4.44. The Labute approximate surface area is 212 Å². The van der Waals surface area contributed by atoms with Crippen molar-refractivity contribution < 1.29 is 28.2 Å². The third kappa shape index (κ3) is 4.96. The Morgan fingerprint density at radius 3 is 2.38 bits per heavy atom. The summed E-state index contributed by atoms with van der Waals surface area (Å²) in [5.41, 5.74) is 2.02. The molecule has 0 atom stereocenters. The highest BCUT2D eigenvalue weighted by Crippen LogP contribution is 2.34. The highest BCUT2D eigenvalue weighted by molar-refractivity contribution is 7.07. The molecule has 5 aromatic rings. The average Bonchev–Trinajstić information content (AvgIpc) is 3.39. The van der Waals surface area contributed by atoms with Crippen molar-refractivity contribution in [1.82, 2.24) is 9.97 Å². The maximum atomic E-state index is 13.5. The van der Waals surface area contributed by atoms with Gasteiger partial charge >= 0.3 is 6.18 Å². The smallest absolute Gasteiger partial charge is 0.451 e. The van der Waals surface area contributed by atoms with E-state index in [9.17, 15) is 28.2 Å². The summed E-state index contributed by atoms with van der Waals surface area (Å²) < 4.78 is 40.4. The Kier molecular flexibility index (Phi) is 6.26. The third-order valence-electron chi connectivity index (χ3n) is 5.69.